The molecular weight excluding hydrogens is 436 g/mol. The number of benzene rings is 3. The number of nitrogens with zero attached hydrogens (tertiary/aromatic N) is 2. The molecule has 1 aromatic heterocycles. The zero-order valence-electron chi connectivity index (χ0n) is 20.5. The van der Waals surface area contributed by atoms with E-state index in [1.54, 1.807) is 19.4 Å². The van der Waals surface area contributed by atoms with Crippen LogP contribution in [0.15, 0.2) is 83.5 Å². The zero-order chi connectivity index (χ0) is 24.4. The molecule has 1 amide bonds. The van der Waals surface area contributed by atoms with Crippen molar-refractivity contribution in [3.05, 3.63) is 90.2 Å². The molecular formula is C30H30N2O3. The Kier molecular flexibility index (Phi) is 6.32. The monoisotopic (exact) mass is 466 g/mol. The number of carbonyl (C=O) groups excluding carboxylic acids is 1. The normalized spacial score (nSPS) is 14.4. The molecule has 1 fully saturated rings. The van der Waals surface area contributed by atoms with E-state index in [9.17, 15) is 4.79 Å². The Morgan fingerprint density at radius 1 is 0.971 bits per heavy atom. The number of methoxy groups -OCH3 is 1. The Morgan fingerprint density at radius 3 is 2.46 bits per heavy atom. The van der Waals surface area contributed by atoms with Crippen molar-refractivity contribution in [1.29, 1.82) is 0 Å². The summed E-state index contributed by atoms with van der Waals surface area (Å²) in [5.41, 5.74) is 7.11. The summed E-state index contributed by atoms with van der Waals surface area (Å²) in [5.74, 6) is 0.723. The molecule has 4 aromatic rings. The fourth-order valence-electron chi connectivity index (χ4n) is 4.74. The van der Waals surface area contributed by atoms with Gasteiger partial charge in [-0.15, -0.1) is 0 Å². The minimum Gasteiger partial charge on any atom is -0.496 e. The van der Waals surface area contributed by atoms with Gasteiger partial charge in [0.15, 0.2) is 0 Å². The zero-order valence-corrected chi connectivity index (χ0v) is 20.5. The number of anilines is 1. The van der Waals surface area contributed by atoms with Gasteiger partial charge in [-0.1, -0.05) is 42.5 Å². The van der Waals surface area contributed by atoms with Crippen molar-refractivity contribution < 1.29 is 13.9 Å². The van der Waals surface area contributed by atoms with Gasteiger partial charge in [0, 0.05) is 60.5 Å². The van der Waals surface area contributed by atoms with Crippen LogP contribution < -0.4 is 9.64 Å². The third-order valence-electron chi connectivity index (χ3n) is 6.70. The molecule has 178 valence electrons. The van der Waals surface area contributed by atoms with Gasteiger partial charge < -0.3 is 19.0 Å². The van der Waals surface area contributed by atoms with Crippen molar-refractivity contribution in [2.24, 2.45) is 0 Å². The number of hydrogen-bond acceptors (Lipinski definition) is 4. The molecule has 3 aromatic carbocycles. The van der Waals surface area contributed by atoms with Crippen molar-refractivity contribution in [2.45, 2.75) is 13.8 Å². The van der Waals surface area contributed by atoms with E-state index in [4.69, 9.17) is 9.15 Å². The lowest BCUT2D eigenvalue weighted by Gasteiger charge is -2.36. The van der Waals surface area contributed by atoms with Crippen molar-refractivity contribution >= 4 is 28.1 Å². The Labute approximate surface area is 206 Å². The van der Waals surface area contributed by atoms with Crippen molar-refractivity contribution in [3.63, 3.8) is 0 Å². The SMILES string of the molecule is COc1cc2occ(-c3ccccc3)c2cc1/C(C)=C/C(=O)N1CCN(c2cccc(C)c2)CC1. The van der Waals surface area contributed by atoms with Crippen LogP contribution in [-0.4, -0.2) is 44.1 Å². The number of amides is 1. The summed E-state index contributed by atoms with van der Waals surface area (Å²) in [6.07, 6.45) is 3.51. The maximum atomic E-state index is 13.2. The molecule has 2 heterocycles. The highest BCUT2D eigenvalue weighted by molar-refractivity contribution is 6.00. The highest BCUT2D eigenvalue weighted by Gasteiger charge is 2.21. The number of piperazine rings is 1. The predicted molar refractivity (Wildman–Crippen MR) is 142 cm³/mol. The number of allylic oxidation sites excluding steroid dienone is 1. The molecule has 5 nitrogen and oxygen atoms in total. The Morgan fingerprint density at radius 2 is 1.74 bits per heavy atom. The summed E-state index contributed by atoms with van der Waals surface area (Å²) in [6.45, 7) is 7.13. The van der Waals surface area contributed by atoms with Crippen LogP contribution in [0.5, 0.6) is 5.75 Å². The van der Waals surface area contributed by atoms with E-state index in [1.165, 1.54) is 11.3 Å². The van der Waals surface area contributed by atoms with E-state index >= 15 is 0 Å². The molecule has 35 heavy (non-hydrogen) atoms. The number of fused-ring (bicyclic) bond motifs is 1. The Balaban J connectivity index is 1.37. The lowest BCUT2D eigenvalue weighted by atomic mass is 9.99. The molecule has 0 spiro atoms. The van der Waals surface area contributed by atoms with Crippen LogP contribution in [0, 0.1) is 6.92 Å². The van der Waals surface area contributed by atoms with Crippen LogP contribution in [0.3, 0.4) is 0 Å². The van der Waals surface area contributed by atoms with Crippen LogP contribution in [0.2, 0.25) is 0 Å². The van der Waals surface area contributed by atoms with E-state index in [2.05, 4.69) is 54.3 Å². The van der Waals surface area contributed by atoms with E-state index < -0.39 is 0 Å². The summed E-state index contributed by atoms with van der Waals surface area (Å²) < 4.78 is 11.5. The van der Waals surface area contributed by atoms with Gasteiger partial charge >= 0.3 is 0 Å². The summed E-state index contributed by atoms with van der Waals surface area (Å²) in [5, 5.41) is 0.999. The lowest BCUT2D eigenvalue weighted by molar-refractivity contribution is -0.126. The highest BCUT2D eigenvalue weighted by atomic mass is 16.5. The third kappa shape index (κ3) is 4.67. The second-order valence-electron chi connectivity index (χ2n) is 9.04. The number of hydrogen-bond donors (Lipinski definition) is 0. The molecule has 0 N–H and O–H groups in total. The molecule has 1 aliphatic rings. The van der Waals surface area contributed by atoms with E-state index in [0.717, 1.165) is 46.3 Å². The first kappa shape index (κ1) is 22.8. The second-order valence-corrected chi connectivity index (χ2v) is 9.04. The van der Waals surface area contributed by atoms with E-state index in [-0.39, 0.29) is 5.91 Å². The van der Waals surface area contributed by atoms with Crippen LogP contribution in [0.1, 0.15) is 18.1 Å². The third-order valence-corrected chi connectivity index (χ3v) is 6.70. The predicted octanol–water partition coefficient (Wildman–Crippen LogP) is 6.17. The summed E-state index contributed by atoms with van der Waals surface area (Å²) in [6, 6.07) is 22.7. The first-order chi connectivity index (χ1) is 17.0. The molecule has 0 saturated carbocycles. The smallest absolute Gasteiger partial charge is 0.246 e. The molecule has 5 heteroatoms. The maximum Gasteiger partial charge on any atom is 0.246 e. The molecule has 1 saturated heterocycles. The topological polar surface area (TPSA) is 45.9 Å². The number of rotatable bonds is 5. The summed E-state index contributed by atoms with van der Waals surface area (Å²) >= 11 is 0. The number of furan rings is 1. The minimum atomic E-state index is 0.0315. The fourth-order valence-corrected chi connectivity index (χ4v) is 4.74. The average molecular weight is 467 g/mol. The molecule has 1 aliphatic heterocycles. The molecule has 0 unspecified atom stereocenters. The van der Waals surface area contributed by atoms with Crippen molar-refractivity contribution in [2.75, 3.05) is 38.2 Å². The van der Waals surface area contributed by atoms with Gasteiger partial charge in [0.2, 0.25) is 5.91 Å². The average Bonchev–Trinajstić information content (AvgIpc) is 3.31. The molecule has 0 radical (unpaired) electrons. The summed E-state index contributed by atoms with van der Waals surface area (Å²) in [4.78, 5) is 17.4. The first-order valence-corrected chi connectivity index (χ1v) is 12.0. The van der Waals surface area contributed by atoms with Crippen LogP contribution in [0.25, 0.3) is 27.7 Å². The highest BCUT2D eigenvalue weighted by Crippen LogP contribution is 2.37. The van der Waals surface area contributed by atoms with Crippen LogP contribution >= 0.6 is 0 Å². The van der Waals surface area contributed by atoms with Crippen molar-refractivity contribution in [1.82, 2.24) is 4.90 Å². The van der Waals surface area contributed by atoms with Gasteiger partial charge in [-0.25, -0.2) is 0 Å². The van der Waals surface area contributed by atoms with Crippen LogP contribution in [-0.2, 0) is 4.79 Å². The molecule has 0 aliphatic carbocycles. The lowest BCUT2D eigenvalue weighted by Crippen LogP contribution is -2.48. The van der Waals surface area contributed by atoms with Gasteiger partial charge in [0.1, 0.15) is 11.3 Å². The standard InChI is InChI=1S/C30H30N2O3/c1-21-8-7-11-24(16-21)31-12-14-32(15-13-31)30(33)17-22(2)25-18-26-27(23-9-5-4-6-10-23)20-35-29(26)19-28(25)34-3/h4-11,16-20H,12-15H2,1-3H3/b22-17+. The largest absolute Gasteiger partial charge is 0.496 e. The number of aryl methyl sites for hydroxylation is 1. The van der Waals surface area contributed by atoms with Gasteiger partial charge in [-0.2, -0.15) is 0 Å². The molecule has 0 bridgehead atoms. The molecule has 0 atom stereocenters. The maximum absolute atomic E-state index is 13.2. The summed E-state index contributed by atoms with van der Waals surface area (Å²) in [7, 11) is 1.64. The first-order valence-electron chi connectivity index (χ1n) is 12.0. The van der Waals surface area contributed by atoms with Crippen LogP contribution in [0.4, 0.5) is 5.69 Å². The number of carbonyl (C=O) groups is 1. The van der Waals surface area contributed by atoms with Crippen molar-refractivity contribution in [3.8, 4) is 16.9 Å². The Hall–Kier alpha value is -3.99. The Bertz CT molecular complexity index is 1380. The van der Waals surface area contributed by atoms with E-state index in [1.807, 2.05) is 36.1 Å². The fraction of sp³-hybridized carbons (Fsp3) is 0.233. The van der Waals surface area contributed by atoms with Gasteiger partial charge in [-0.3, -0.25) is 4.79 Å². The number of ether oxygens (including phenoxy) is 1. The van der Waals surface area contributed by atoms with E-state index in [0.29, 0.717) is 18.8 Å². The van der Waals surface area contributed by atoms with Gasteiger partial charge in [0.05, 0.1) is 13.4 Å². The van der Waals surface area contributed by atoms with Gasteiger partial charge in [-0.05, 0) is 48.7 Å². The van der Waals surface area contributed by atoms with Gasteiger partial charge in [0.25, 0.3) is 0 Å². The second kappa shape index (κ2) is 9.71. The molecule has 5 rings (SSSR count). The minimum absolute atomic E-state index is 0.0315. The quantitative estimate of drug-likeness (QED) is 0.330.